The summed E-state index contributed by atoms with van der Waals surface area (Å²) in [6.45, 7) is 2.15. The van der Waals surface area contributed by atoms with Crippen LogP contribution in [0.1, 0.15) is 16.0 Å². The van der Waals surface area contributed by atoms with E-state index in [2.05, 4.69) is 5.32 Å². The molecule has 3 rings (SSSR count). The van der Waals surface area contributed by atoms with Crippen molar-refractivity contribution in [2.24, 2.45) is 0 Å². The van der Waals surface area contributed by atoms with Crippen molar-refractivity contribution in [1.29, 1.82) is 0 Å². The van der Waals surface area contributed by atoms with E-state index in [1.165, 1.54) is 12.1 Å². The number of halogens is 2. The van der Waals surface area contributed by atoms with E-state index in [0.29, 0.717) is 23.1 Å². The second kappa shape index (κ2) is 9.74. The van der Waals surface area contributed by atoms with Crippen molar-refractivity contribution in [2.75, 3.05) is 13.7 Å². The van der Waals surface area contributed by atoms with Crippen molar-refractivity contribution < 1.29 is 19.2 Å². The lowest BCUT2D eigenvalue weighted by Crippen LogP contribution is -2.83. The van der Waals surface area contributed by atoms with Crippen LogP contribution in [0.15, 0.2) is 53.9 Å². The van der Waals surface area contributed by atoms with E-state index in [9.17, 15) is 4.39 Å². The van der Waals surface area contributed by atoms with E-state index < -0.39 is 0 Å². The van der Waals surface area contributed by atoms with Crippen molar-refractivity contribution in [3.8, 4) is 11.5 Å². The Morgan fingerprint density at radius 2 is 1.93 bits per heavy atom. The van der Waals surface area contributed by atoms with Gasteiger partial charge in [0.2, 0.25) is 0 Å². The zero-order chi connectivity index (χ0) is 19.1. The molecule has 27 heavy (non-hydrogen) atoms. The highest BCUT2D eigenvalue weighted by molar-refractivity contribution is 7.09. The molecule has 1 aromatic heterocycles. The number of rotatable bonds is 9. The molecule has 142 valence electrons. The highest BCUT2D eigenvalue weighted by Crippen LogP contribution is 2.37. The number of quaternary nitrogens is 1. The number of hydrogen-bond acceptors (Lipinski definition) is 3. The Hall–Kier alpha value is -2.08. The molecule has 0 spiro atoms. The van der Waals surface area contributed by atoms with Crippen LogP contribution in [0.2, 0.25) is 5.02 Å². The molecule has 0 saturated carbocycles. The molecule has 0 saturated heterocycles. The Morgan fingerprint density at radius 3 is 2.63 bits per heavy atom. The first-order valence-corrected chi connectivity index (χ1v) is 9.99. The van der Waals surface area contributed by atoms with Gasteiger partial charge in [-0.1, -0.05) is 29.8 Å². The molecule has 6 heteroatoms. The second-order valence-electron chi connectivity index (χ2n) is 6.14. The summed E-state index contributed by atoms with van der Waals surface area (Å²) in [5, 5.41) is 4.76. The van der Waals surface area contributed by atoms with Gasteiger partial charge in [-0.3, -0.25) is 0 Å². The molecule has 1 heterocycles. The first kappa shape index (κ1) is 19.7. The molecule has 0 aliphatic heterocycles. The molecule has 0 bridgehead atoms. The van der Waals surface area contributed by atoms with Crippen LogP contribution in [0.4, 0.5) is 4.39 Å². The van der Waals surface area contributed by atoms with Crippen LogP contribution in [0.25, 0.3) is 0 Å². The normalized spacial score (nSPS) is 10.8. The third-order valence-corrected chi connectivity index (χ3v) is 5.29. The Kier molecular flexibility index (Phi) is 7.10. The fourth-order valence-corrected chi connectivity index (χ4v) is 3.66. The summed E-state index contributed by atoms with van der Waals surface area (Å²) in [6.07, 6.45) is 0.882. The Bertz CT molecular complexity index is 853. The predicted octanol–water partition coefficient (Wildman–Crippen LogP) is 4.43. The van der Waals surface area contributed by atoms with Gasteiger partial charge in [-0.2, -0.15) is 0 Å². The first-order valence-electron chi connectivity index (χ1n) is 8.73. The van der Waals surface area contributed by atoms with E-state index in [0.717, 1.165) is 35.5 Å². The van der Waals surface area contributed by atoms with E-state index in [-0.39, 0.29) is 5.82 Å². The van der Waals surface area contributed by atoms with Gasteiger partial charge in [-0.15, -0.1) is 11.3 Å². The number of ether oxygens (including phenoxy) is 2. The number of nitrogens with two attached hydrogens (primary N) is 1. The van der Waals surface area contributed by atoms with Gasteiger partial charge in [-0.25, -0.2) is 4.39 Å². The minimum atomic E-state index is -0.203. The maximum absolute atomic E-state index is 12.9. The molecular formula is C21H22ClFNO2S+. The SMILES string of the molecule is COc1cc(C[NH2+]CCc2ccc(F)cc2)cc(Cl)c1OCc1cccs1. The summed E-state index contributed by atoms with van der Waals surface area (Å²) in [5.41, 5.74) is 2.19. The van der Waals surface area contributed by atoms with Crippen LogP contribution >= 0.6 is 22.9 Å². The van der Waals surface area contributed by atoms with Crippen molar-refractivity contribution in [1.82, 2.24) is 0 Å². The topological polar surface area (TPSA) is 35.1 Å². The summed E-state index contributed by atoms with van der Waals surface area (Å²) < 4.78 is 24.3. The van der Waals surface area contributed by atoms with Crippen molar-refractivity contribution in [3.63, 3.8) is 0 Å². The first-order chi connectivity index (χ1) is 13.2. The second-order valence-corrected chi connectivity index (χ2v) is 7.57. The molecule has 3 nitrogen and oxygen atoms in total. The maximum Gasteiger partial charge on any atom is 0.180 e. The molecule has 0 aliphatic rings. The molecule has 0 amide bonds. The third kappa shape index (κ3) is 5.70. The van der Waals surface area contributed by atoms with Gasteiger partial charge >= 0.3 is 0 Å². The summed E-state index contributed by atoms with van der Waals surface area (Å²) in [4.78, 5) is 1.13. The molecule has 2 N–H and O–H groups in total. The van der Waals surface area contributed by atoms with Crippen LogP contribution in [0.3, 0.4) is 0 Å². The van der Waals surface area contributed by atoms with Gasteiger partial charge in [0.1, 0.15) is 19.0 Å². The molecule has 2 aromatic carbocycles. The van der Waals surface area contributed by atoms with E-state index >= 15 is 0 Å². The fourth-order valence-electron chi connectivity index (χ4n) is 2.76. The minimum Gasteiger partial charge on any atom is -0.493 e. The van der Waals surface area contributed by atoms with Gasteiger partial charge in [0.15, 0.2) is 11.5 Å². The number of benzene rings is 2. The fraction of sp³-hybridized carbons (Fsp3) is 0.238. The van der Waals surface area contributed by atoms with Crippen LogP contribution in [-0.4, -0.2) is 13.7 Å². The van der Waals surface area contributed by atoms with Crippen LogP contribution in [0.5, 0.6) is 11.5 Å². The zero-order valence-electron chi connectivity index (χ0n) is 15.1. The Balaban J connectivity index is 1.55. The van der Waals surface area contributed by atoms with Crippen molar-refractivity contribution in [2.45, 2.75) is 19.6 Å². The maximum atomic E-state index is 12.9. The van der Waals surface area contributed by atoms with Gasteiger partial charge in [0.25, 0.3) is 0 Å². The predicted molar refractivity (Wildman–Crippen MR) is 107 cm³/mol. The number of methoxy groups -OCH3 is 1. The van der Waals surface area contributed by atoms with Gasteiger partial charge < -0.3 is 14.8 Å². The van der Waals surface area contributed by atoms with Crippen molar-refractivity contribution in [3.05, 3.63) is 80.8 Å². The highest BCUT2D eigenvalue weighted by Gasteiger charge is 2.13. The Morgan fingerprint density at radius 1 is 1.11 bits per heavy atom. The molecular weight excluding hydrogens is 385 g/mol. The summed E-state index contributed by atoms with van der Waals surface area (Å²) >= 11 is 8.07. The third-order valence-electron chi connectivity index (χ3n) is 4.16. The van der Waals surface area contributed by atoms with Crippen LogP contribution in [-0.2, 0) is 19.6 Å². The minimum absolute atomic E-state index is 0.203. The summed E-state index contributed by atoms with van der Waals surface area (Å²) in [7, 11) is 1.62. The van der Waals surface area contributed by atoms with Gasteiger partial charge in [-0.05, 0) is 41.3 Å². The van der Waals surface area contributed by atoms with Gasteiger partial charge in [0.05, 0.1) is 18.7 Å². The quantitative estimate of drug-likeness (QED) is 0.533. The summed E-state index contributed by atoms with van der Waals surface area (Å²) in [6, 6.07) is 14.5. The van der Waals surface area contributed by atoms with Crippen LogP contribution < -0.4 is 14.8 Å². The molecule has 0 fully saturated rings. The molecule has 0 atom stereocenters. The standard InChI is InChI=1S/C21H21ClFNO2S/c1-25-20-12-16(13-24-9-8-15-4-6-17(23)7-5-15)11-19(22)21(20)26-14-18-3-2-10-27-18/h2-7,10-12,24H,8-9,13-14H2,1H3/p+1. The van der Waals surface area contributed by atoms with E-state index in [1.54, 1.807) is 18.4 Å². The van der Waals surface area contributed by atoms with E-state index in [4.69, 9.17) is 21.1 Å². The lowest BCUT2D eigenvalue weighted by atomic mass is 10.1. The van der Waals surface area contributed by atoms with E-state index in [1.807, 2.05) is 41.8 Å². The molecule has 3 aromatic rings. The molecule has 0 radical (unpaired) electrons. The van der Waals surface area contributed by atoms with Gasteiger partial charge in [0, 0.05) is 16.9 Å². The highest BCUT2D eigenvalue weighted by atomic mass is 35.5. The average molecular weight is 407 g/mol. The monoisotopic (exact) mass is 406 g/mol. The number of thiophene rings is 1. The zero-order valence-corrected chi connectivity index (χ0v) is 16.7. The smallest absolute Gasteiger partial charge is 0.180 e. The van der Waals surface area contributed by atoms with Crippen LogP contribution in [0, 0.1) is 5.82 Å². The summed E-state index contributed by atoms with van der Waals surface area (Å²) in [5.74, 6) is 1.01. The molecule has 0 unspecified atom stereocenters. The average Bonchev–Trinajstić information content (AvgIpc) is 3.19. The Labute approximate surface area is 167 Å². The largest absolute Gasteiger partial charge is 0.493 e. The lowest BCUT2D eigenvalue weighted by Gasteiger charge is -2.13. The molecule has 0 aliphatic carbocycles. The number of hydrogen-bond donors (Lipinski definition) is 1. The lowest BCUT2D eigenvalue weighted by molar-refractivity contribution is -0.670. The van der Waals surface area contributed by atoms with Crippen molar-refractivity contribution >= 4 is 22.9 Å².